The van der Waals surface area contributed by atoms with Gasteiger partial charge in [-0.15, -0.1) is 0 Å². The van der Waals surface area contributed by atoms with Crippen LogP contribution in [0.1, 0.15) is 54.7 Å². The summed E-state index contributed by atoms with van der Waals surface area (Å²) in [6.45, 7) is 4.21. The van der Waals surface area contributed by atoms with Crippen molar-refractivity contribution < 1.29 is 5.11 Å². The van der Waals surface area contributed by atoms with Crippen molar-refractivity contribution in [1.82, 2.24) is 0 Å². The molecule has 1 nitrogen and oxygen atoms in total. The Hall–Kier alpha value is -0.980. The Morgan fingerprint density at radius 1 is 1.07 bits per heavy atom. The topological polar surface area (TPSA) is 20.2 Å². The minimum absolute atomic E-state index is 0.459. The van der Waals surface area contributed by atoms with E-state index in [-0.39, 0.29) is 0 Å². The van der Waals surface area contributed by atoms with Crippen LogP contribution in [0.15, 0.2) is 12.1 Å². The van der Waals surface area contributed by atoms with Crippen LogP contribution in [-0.4, -0.2) is 5.11 Å². The van der Waals surface area contributed by atoms with Crippen LogP contribution in [0.5, 0.6) is 5.75 Å². The lowest BCUT2D eigenvalue weighted by Crippen LogP contribution is -2.08. The van der Waals surface area contributed by atoms with E-state index in [0.717, 1.165) is 5.56 Å². The number of phenols is 1. The van der Waals surface area contributed by atoms with Crippen molar-refractivity contribution in [3.8, 4) is 5.75 Å². The van der Waals surface area contributed by atoms with Gasteiger partial charge in [-0.2, -0.15) is 0 Å². The van der Waals surface area contributed by atoms with Gasteiger partial charge in [-0.25, -0.2) is 0 Å². The fourth-order valence-electron chi connectivity index (χ4n) is 2.87. The Morgan fingerprint density at radius 2 is 1.73 bits per heavy atom. The van der Waals surface area contributed by atoms with Gasteiger partial charge in [-0.05, 0) is 55.4 Å². The van der Waals surface area contributed by atoms with Crippen LogP contribution in [0.3, 0.4) is 0 Å². The number of aryl methyl sites for hydroxylation is 1. The highest BCUT2D eigenvalue weighted by Crippen LogP contribution is 2.38. The molecule has 1 aliphatic carbocycles. The summed E-state index contributed by atoms with van der Waals surface area (Å²) in [4.78, 5) is 0. The SMILES string of the molecule is Cc1ccc(O)c(C)c1C1CCCCC1. The number of benzene rings is 1. The van der Waals surface area contributed by atoms with Gasteiger partial charge in [0.05, 0.1) is 0 Å². The standard InChI is InChI=1S/C14H20O/c1-10-8-9-13(15)11(2)14(10)12-6-4-3-5-7-12/h8-9,12,15H,3-7H2,1-2H3. The summed E-state index contributed by atoms with van der Waals surface area (Å²) in [6.07, 6.45) is 6.67. The molecule has 0 spiro atoms. The summed E-state index contributed by atoms with van der Waals surface area (Å²) >= 11 is 0. The molecule has 2 rings (SSSR count). The van der Waals surface area contributed by atoms with Crippen molar-refractivity contribution in [1.29, 1.82) is 0 Å². The maximum atomic E-state index is 9.76. The number of hydrogen-bond acceptors (Lipinski definition) is 1. The maximum absolute atomic E-state index is 9.76. The van der Waals surface area contributed by atoms with E-state index in [1.54, 1.807) is 0 Å². The molecule has 1 N–H and O–H groups in total. The lowest BCUT2D eigenvalue weighted by Gasteiger charge is -2.25. The normalized spacial score (nSPS) is 18.0. The van der Waals surface area contributed by atoms with E-state index in [1.807, 2.05) is 19.1 Å². The van der Waals surface area contributed by atoms with Crippen molar-refractivity contribution in [2.24, 2.45) is 0 Å². The Balaban J connectivity index is 2.36. The smallest absolute Gasteiger partial charge is 0.118 e. The quantitative estimate of drug-likeness (QED) is 0.731. The van der Waals surface area contributed by atoms with Crippen LogP contribution in [0.2, 0.25) is 0 Å². The minimum atomic E-state index is 0.459. The van der Waals surface area contributed by atoms with Crippen LogP contribution in [-0.2, 0) is 0 Å². The molecule has 0 radical (unpaired) electrons. The molecule has 1 saturated carbocycles. The molecule has 0 heterocycles. The molecule has 1 fully saturated rings. The largest absolute Gasteiger partial charge is 0.508 e. The summed E-state index contributed by atoms with van der Waals surface area (Å²) in [7, 11) is 0. The van der Waals surface area contributed by atoms with Crippen LogP contribution in [0.4, 0.5) is 0 Å². The third kappa shape index (κ3) is 2.01. The maximum Gasteiger partial charge on any atom is 0.118 e. The highest BCUT2D eigenvalue weighted by atomic mass is 16.3. The van der Waals surface area contributed by atoms with Crippen molar-refractivity contribution in [3.63, 3.8) is 0 Å². The zero-order valence-electron chi connectivity index (χ0n) is 9.71. The summed E-state index contributed by atoms with van der Waals surface area (Å²) in [6, 6.07) is 3.86. The monoisotopic (exact) mass is 204 g/mol. The molecule has 1 aliphatic rings. The van der Waals surface area contributed by atoms with E-state index in [0.29, 0.717) is 11.7 Å². The third-order valence-electron chi connectivity index (χ3n) is 3.72. The number of hydrogen-bond donors (Lipinski definition) is 1. The molecule has 82 valence electrons. The van der Waals surface area contributed by atoms with E-state index in [4.69, 9.17) is 0 Å². The van der Waals surface area contributed by atoms with Gasteiger partial charge >= 0.3 is 0 Å². The van der Waals surface area contributed by atoms with Crippen molar-refractivity contribution in [3.05, 3.63) is 28.8 Å². The van der Waals surface area contributed by atoms with Gasteiger partial charge in [0, 0.05) is 0 Å². The predicted octanol–water partition coefficient (Wildman–Crippen LogP) is 4.06. The van der Waals surface area contributed by atoms with Gasteiger partial charge in [-0.3, -0.25) is 0 Å². The fraction of sp³-hybridized carbons (Fsp3) is 0.571. The Bertz CT molecular complexity index is 349. The fourth-order valence-corrected chi connectivity index (χ4v) is 2.87. The highest BCUT2D eigenvalue weighted by Gasteiger charge is 2.20. The molecule has 0 unspecified atom stereocenters. The van der Waals surface area contributed by atoms with Gasteiger partial charge in [-0.1, -0.05) is 25.3 Å². The summed E-state index contributed by atoms with van der Waals surface area (Å²) in [5.41, 5.74) is 3.86. The van der Waals surface area contributed by atoms with E-state index in [1.165, 1.54) is 43.2 Å². The molecule has 1 aromatic rings. The number of aromatic hydroxyl groups is 1. The molecule has 0 atom stereocenters. The first kappa shape index (κ1) is 10.5. The lowest BCUT2D eigenvalue weighted by atomic mass is 9.80. The van der Waals surface area contributed by atoms with Gasteiger partial charge in [0.15, 0.2) is 0 Å². The number of phenolic OH excluding ortho intramolecular Hbond substituents is 1. The Labute approximate surface area is 92.1 Å². The van der Waals surface area contributed by atoms with Crippen molar-refractivity contribution >= 4 is 0 Å². The third-order valence-corrected chi connectivity index (χ3v) is 3.72. The van der Waals surface area contributed by atoms with Crippen molar-refractivity contribution in [2.45, 2.75) is 51.9 Å². The first-order valence-corrected chi connectivity index (χ1v) is 5.99. The minimum Gasteiger partial charge on any atom is -0.508 e. The average molecular weight is 204 g/mol. The Morgan fingerprint density at radius 3 is 2.40 bits per heavy atom. The predicted molar refractivity (Wildman–Crippen MR) is 63.4 cm³/mol. The second-order valence-corrected chi connectivity index (χ2v) is 4.78. The van der Waals surface area contributed by atoms with Crippen molar-refractivity contribution in [2.75, 3.05) is 0 Å². The molecule has 15 heavy (non-hydrogen) atoms. The van der Waals surface area contributed by atoms with Gasteiger partial charge in [0.2, 0.25) is 0 Å². The molecule has 1 aromatic carbocycles. The molecular formula is C14H20O. The van der Waals surface area contributed by atoms with Crippen LogP contribution in [0.25, 0.3) is 0 Å². The van der Waals surface area contributed by atoms with Gasteiger partial charge in [0.25, 0.3) is 0 Å². The van der Waals surface area contributed by atoms with E-state index in [2.05, 4.69) is 6.92 Å². The molecule has 0 aliphatic heterocycles. The molecule has 0 bridgehead atoms. The van der Waals surface area contributed by atoms with E-state index in [9.17, 15) is 5.11 Å². The van der Waals surface area contributed by atoms with E-state index < -0.39 is 0 Å². The first-order chi connectivity index (χ1) is 7.20. The summed E-state index contributed by atoms with van der Waals surface area (Å²) < 4.78 is 0. The van der Waals surface area contributed by atoms with Gasteiger partial charge in [0.1, 0.15) is 5.75 Å². The van der Waals surface area contributed by atoms with Crippen LogP contribution in [0, 0.1) is 13.8 Å². The highest BCUT2D eigenvalue weighted by molar-refractivity contribution is 5.45. The van der Waals surface area contributed by atoms with Gasteiger partial charge < -0.3 is 5.11 Å². The second-order valence-electron chi connectivity index (χ2n) is 4.78. The molecule has 1 heteroatoms. The van der Waals surface area contributed by atoms with Crippen LogP contribution >= 0.6 is 0 Å². The second kappa shape index (κ2) is 4.26. The molecule has 0 aromatic heterocycles. The summed E-state index contributed by atoms with van der Waals surface area (Å²) in [5, 5.41) is 9.76. The Kier molecular flexibility index (Phi) is 2.99. The van der Waals surface area contributed by atoms with Crippen LogP contribution < -0.4 is 0 Å². The average Bonchev–Trinajstić information content (AvgIpc) is 2.26. The number of rotatable bonds is 1. The summed E-state index contributed by atoms with van der Waals surface area (Å²) in [5.74, 6) is 1.15. The van der Waals surface area contributed by atoms with E-state index >= 15 is 0 Å². The first-order valence-electron chi connectivity index (χ1n) is 5.99. The molecular weight excluding hydrogens is 184 g/mol. The zero-order valence-corrected chi connectivity index (χ0v) is 9.71. The molecule has 0 saturated heterocycles. The lowest BCUT2D eigenvalue weighted by molar-refractivity contribution is 0.434. The zero-order chi connectivity index (χ0) is 10.8. The molecule has 0 amide bonds.